The van der Waals surface area contributed by atoms with Gasteiger partial charge in [0.05, 0.1) is 25.2 Å². The SMILES string of the molecule is CC/C=C/C=C/C=C\CCCCCCCC(=O)OC(C/C=C\C/C=C\C/C=C\C/C=C\CCCCC)CC(=O)NC(CO)C(O)CCCCCCCCCCCCCCCCCC. The maximum atomic E-state index is 13.2. The van der Waals surface area contributed by atoms with Crippen LogP contribution in [0.4, 0.5) is 0 Å². The first kappa shape index (κ1) is 60.0. The molecule has 0 aliphatic rings. The molecule has 63 heavy (non-hydrogen) atoms. The molecule has 0 saturated carbocycles. The van der Waals surface area contributed by atoms with Crippen LogP contribution in [0.3, 0.4) is 0 Å². The number of hydrogen-bond donors (Lipinski definition) is 3. The summed E-state index contributed by atoms with van der Waals surface area (Å²) in [5.74, 6) is -0.603. The topological polar surface area (TPSA) is 95.9 Å². The molecule has 0 aromatic rings. The second-order valence-corrected chi connectivity index (χ2v) is 17.6. The van der Waals surface area contributed by atoms with Crippen LogP contribution >= 0.6 is 0 Å². The second kappa shape index (κ2) is 50.0. The summed E-state index contributed by atoms with van der Waals surface area (Å²) in [6, 6.07) is -0.739. The Morgan fingerprint density at radius 2 is 0.952 bits per heavy atom. The average Bonchev–Trinajstić information content (AvgIpc) is 3.28. The number of allylic oxidation sites excluding steroid dienone is 13. The largest absolute Gasteiger partial charge is 0.461 e. The van der Waals surface area contributed by atoms with Crippen LogP contribution in [0, 0.1) is 0 Å². The van der Waals surface area contributed by atoms with Gasteiger partial charge in [0.2, 0.25) is 5.91 Å². The van der Waals surface area contributed by atoms with E-state index >= 15 is 0 Å². The van der Waals surface area contributed by atoms with Crippen molar-refractivity contribution in [2.45, 2.75) is 257 Å². The number of aliphatic hydroxyl groups excluding tert-OH is 2. The quantitative estimate of drug-likeness (QED) is 0.0245. The fraction of sp³-hybridized carbons (Fsp3) is 0.719. The first-order valence-corrected chi connectivity index (χ1v) is 26.3. The lowest BCUT2D eigenvalue weighted by molar-refractivity contribution is -0.150. The van der Waals surface area contributed by atoms with Crippen LogP contribution in [0.5, 0.6) is 0 Å². The lowest BCUT2D eigenvalue weighted by atomic mass is 10.0. The van der Waals surface area contributed by atoms with Crippen LogP contribution in [0.2, 0.25) is 0 Å². The Hall–Kier alpha value is -2.96. The molecule has 0 saturated heterocycles. The molecule has 3 N–H and O–H groups in total. The van der Waals surface area contributed by atoms with E-state index < -0.39 is 18.2 Å². The molecule has 0 fully saturated rings. The molecular formula is C57H99NO5. The molecule has 0 radical (unpaired) electrons. The van der Waals surface area contributed by atoms with Crippen LogP contribution in [0.15, 0.2) is 85.1 Å². The molecule has 6 nitrogen and oxygen atoms in total. The van der Waals surface area contributed by atoms with E-state index in [-0.39, 0.29) is 24.9 Å². The predicted octanol–water partition coefficient (Wildman–Crippen LogP) is 16.0. The molecule has 0 aliphatic heterocycles. The Bertz CT molecular complexity index is 1210. The Morgan fingerprint density at radius 1 is 0.508 bits per heavy atom. The third kappa shape index (κ3) is 45.4. The third-order valence-electron chi connectivity index (χ3n) is 11.5. The van der Waals surface area contributed by atoms with Crippen molar-refractivity contribution in [1.29, 1.82) is 0 Å². The lowest BCUT2D eigenvalue weighted by Gasteiger charge is -2.24. The highest BCUT2D eigenvalue weighted by atomic mass is 16.5. The van der Waals surface area contributed by atoms with E-state index in [0.717, 1.165) is 83.5 Å². The van der Waals surface area contributed by atoms with E-state index in [1.807, 2.05) is 12.2 Å². The van der Waals surface area contributed by atoms with Crippen LogP contribution in [-0.4, -0.2) is 46.9 Å². The van der Waals surface area contributed by atoms with E-state index in [9.17, 15) is 19.8 Å². The number of ether oxygens (including phenoxy) is 1. The van der Waals surface area contributed by atoms with Crippen molar-refractivity contribution < 1.29 is 24.5 Å². The van der Waals surface area contributed by atoms with Gasteiger partial charge in [-0.25, -0.2) is 0 Å². The first-order valence-electron chi connectivity index (χ1n) is 26.3. The number of carbonyl (C=O) groups is 2. The van der Waals surface area contributed by atoms with Gasteiger partial charge in [-0.1, -0.05) is 241 Å². The van der Waals surface area contributed by atoms with Crippen LogP contribution in [0.1, 0.15) is 239 Å². The average molecular weight is 878 g/mol. The summed E-state index contributed by atoms with van der Waals surface area (Å²) >= 11 is 0. The van der Waals surface area contributed by atoms with Gasteiger partial charge in [-0.2, -0.15) is 0 Å². The van der Waals surface area contributed by atoms with Crippen molar-refractivity contribution in [3.05, 3.63) is 85.1 Å². The fourth-order valence-corrected chi connectivity index (χ4v) is 7.53. The number of esters is 1. The molecule has 0 bridgehead atoms. The van der Waals surface area contributed by atoms with Crippen molar-refractivity contribution >= 4 is 11.9 Å². The molecule has 3 atom stereocenters. The van der Waals surface area contributed by atoms with E-state index in [1.165, 1.54) is 109 Å². The van der Waals surface area contributed by atoms with Crippen molar-refractivity contribution in [3.63, 3.8) is 0 Å². The van der Waals surface area contributed by atoms with E-state index in [1.54, 1.807) is 0 Å². The molecule has 3 unspecified atom stereocenters. The number of hydrogen-bond acceptors (Lipinski definition) is 5. The van der Waals surface area contributed by atoms with Gasteiger partial charge in [0.15, 0.2) is 0 Å². The Morgan fingerprint density at radius 3 is 1.51 bits per heavy atom. The molecule has 0 heterocycles. The summed E-state index contributed by atoms with van der Waals surface area (Å²) in [5, 5.41) is 23.8. The summed E-state index contributed by atoms with van der Waals surface area (Å²) in [5.41, 5.74) is 0. The number of nitrogens with one attached hydrogen (secondary N) is 1. The molecule has 0 aliphatic carbocycles. The minimum Gasteiger partial charge on any atom is -0.461 e. The lowest BCUT2D eigenvalue weighted by Crippen LogP contribution is -2.46. The number of amides is 1. The number of rotatable bonds is 46. The minimum absolute atomic E-state index is 0.0103. The predicted molar refractivity (Wildman–Crippen MR) is 273 cm³/mol. The fourth-order valence-electron chi connectivity index (χ4n) is 7.53. The Balaban J connectivity index is 4.70. The number of aliphatic hydroxyl groups is 2. The second-order valence-electron chi connectivity index (χ2n) is 17.6. The van der Waals surface area contributed by atoms with Crippen LogP contribution in [-0.2, 0) is 14.3 Å². The molecule has 1 amide bonds. The minimum atomic E-state index is -0.819. The highest BCUT2D eigenvalue weighted by Crippen LogP contribution is 2.16. The van der Waals surface area contributed by atoms with Crippen LogP contribution < -0.4 is 5.32 Å². The smallest absolute Gasteiger partial charge is 0.306 e. The van der Waals surface area contributed by atoms with Gasteiger partial charge in [-0.05, 0) is 64.2 Å². The highest BCUT2D eigenvalue weighted by Gasteiger charge is 2.23. The molecule has 362 valence electrons. The first-order chi connectivity index (χ1) is 31.0. The van der Waals surface area contributed by atoms with Gasteiger partial charge in [-0.15, -0.1) is 0 Å². The van der Waals surface area contributed by atoms with Crippen molar-refractivity contribution in [3.8, 4) is 0 Å². The molecule has 0 spiro atoms. The van der Waals surface area contributed by atoms with Gasteiger partial charge in [0, 0.05) is 12.8 Å². The highest BCUT2D eigenvalue weighted by molar-refractivity contribution is 5.77. The number of unbranched alkanes of at least 4 members (excludes halogenated alkanes) is 23. The zero-order valence-electron chi connectivity index (χ0n) is 41.2. The zero-order valence-corrected chi connectivity index (χ0v) is 41.2. The summed E-state index contributed by atoms with van der Waals surface area (Å²) < 4.78 is 5.86. The van der Waals surface area contributed by atoms with Crippen molar-refractivity contribution in [2.24, 2.45) is 0 Å². The van der Waals surface area contributed by atoms with Crippen molar-refractivity contribution in [2.75, 3.05) is 6.61 Å². The van der Waals surface area contributed by atoms with Gasteiger partial charge >= 0.3 is 5.97 Å². The standard InChI is InChI=1S/C57H99NO5/c1-4-7-10-13-16-19-22-25-27-29-32-34-37-40-43-46-49-55(60)54(52-59)58-56(61)51-53(48-45-42-39-36-33-31-28-26-23-20-17-14-11-8-5-2)63-57(62)50-47-44-41-38-35-30-24-21-18-15-12-9-6-3/h9,12,15,17-18,20-21,24,26,28,33,36,42,45,53-55,59-60H,4-8,10-11,13-14,16,19,22-23,25,27,29-32,34-35,37-41,43-44,46-52H2,1-3H3,(H,58,61)/b12-9+,18-15+,20-17-,24-21-,28-26-,36-33-,45-42-. The summed E-state index contributed by atoms with van der Waals surface area (Å²) in [4.78, 5) is 26.1. The van der Waals surface area contributed by atoms with E-state index in [2.05, 4.69) is 99.0 Å². The molecule has 6 heteroatoms. The third-order valence-corrected chi connectivity index (χ3v) is 11.5. The molecule has 0 aromatic carbocycles. The molecular weight excluding hydrogens is 779 g/mol. The zero-order chi connectivity index (χ0) is 45.9. The van der Waals surface area contributed by atoms with Crippen molar-refractivity contribution in [1.82, 2.24) is 5.32 Å². The van der Waals surface area contributed by atoms with Gasteiger partial charge in [0.1, 0.15) is 6.10 Å². The van der Waals surface area contributed by atoms with E-state index in [4.69, 9.17) is 4.74 Å². The maximum absolute atomic E-state index is 13.2. The van der Waals surface area contributed by atoms with Gasteiger partial charge in [-0.3, -0.25) is 9.59 Å². The maximum Gasteiger partial charge on any atom is 0.306 e. The summed E-state index contributed by atoms with van der Waals surface area (Å²) in [6.07, 6.45) is 65.2. The Labute approximate surface area is 389 Å². The van der Waals surface area contributed by atoms with Gasteiger partial charge < -0.3 is 20.3 Å². The summed E-state index contributed by atoms with van der Waals surface area (Å²) in [7, 11) is 0. The molecule has 0 rings (SSSR count). The molecule has 0 aromatic heterocycles. The normalized spacial score (nSPS) is 13.9. The van der Waals surface area contributed by atoms with E-state index in [0.29, 0.717) is 19.3 Å². The number of carbonyl (C=O) groups excluding carboxylic acids is 2. The Kier molecular flexibility index (Phi) is 47.7. The van der Waals surface area contributed by atoms with Crippen LogP contribution in [0.25, 0.3) is 0 Å². The van der Waals surface area contributed by atoms with Gasteiger partial charge in [0.25, 0.3) is 0 Å². The summed E-state index contributed by atoms with van der Waals surface area (Å²) in [6.45, 7) is 6.29. The monoisotopic (exact) mass is 878 g/mol.